The van der Waals surface area contributed by atoms with Crippen LogP contribution in [0.4, 0.5) is 17.6 Å². The van der Waals surface area contributed by atoms with E-state index in [0.717, 1.165) is 22.6 Å². The molecule has 0 unspecified atom stereocenters. The Kier molecular flexibility index (Phi) is 11.1. The fourth-order valence-electron chi connectivity index (χ4n) is 4.53. The summed E-state index contributed by atoms with van der Waals surface area (Å²) in [5.74, 6) is -6.11. The number of nitrogens with zero attached hydrogens (tertiary/aromatic N) is 3. The van der Waals surface area contributed by atoms with Crippen molar-refractivity contribution in [3.05, 3.63) is 59.3 Å². The Balaban J connectivity index is 0.000000163. The number of likely N-dealkylation sites (tertiary alicyclic amines) is 1. The number of carbonyl (C=O) groups is 2. The minimum atomic E-state index is -2.66. The highest BCUT2D eigenvalue weighted by Crippen LogP contribution is 2.32. The van der Waals surface area contributed by atoms with Crippen molar-refractivity contribution in [2.24, 2.45) is 0 Å². The zero-order chi connectivity index (χ0) is 30.9. The fourth-order valence-corrected chi connectivity index (χ4v) is 6.21. The number of thiophene rings is 2. The van der Waals surface area contributed by atoms with E-state index in [1.165, 1.54) is 52.9 Å². The third-order valence-electron chi connectivity index (χ3n) is 6.90. The average molecular weight is 642 g/mol. The number of carboxylic acids is 1. The van der Waals surface area contributed by atoms with Crippen LogP contribution in [-0.2, 0) is 0 Å². The second kappa shape index (κ2) is 14.8. The van der Waals surface area contributed by atoms with Crippen LogP contribution in [0.5, 0.6) is 0 Å². The highest BCUT2D eigenvalue weighted by Gasteiger charge is 2.33. The number of hydrogen-bond donors (Lipinski definition) is 1. The van der Waals surface area contributed by atoms with Gasteiger partial charge in [0.25, 0.3) is 5.91 Å². The monoisotopic (exact) mass is 641 g/mol. The normalized spacial score (nSPS) is 17.8. The van der Waals surface area contributed by atoms with E-state index in [9.17, 15) is 27.2 Å². The summed E-state index contributed by atoms with van der Waals surface area (Å²) in [6, 6.07) is 3.30. The third kappa shape index (κ3) is 9.75. The standard InChI is InChI=1S/C14H14F2N2O2S.C8H5NO3S.C7H12F2/c15-14(16)2-1-4-18(5-3-14)13(19)10-6-12(21-8-10)11-7-20-9-17-11;10-8(11)5-1-7(13-3-5)6-2-12-4-9-6;8-7(9)5-3-1-2-4-6-7/h6-9H,1-5H2;1-4H,(H,10,11);1-6H2. The first kappa shape index (κ1) is 32.4. The van der Waals surface area contributed by atoms with Gasteiger partial charge in [0.2, 0.25) is 11.8 Å². The summed E-state index contributed by atoms with van der Waals surface area (Å²) in [6.07, 6.45) is 9.21. The van der Waals surface area contributed by atoms with E-state index >= 15 is 0 Å². The zero-order valence-corrected chi connectivity index (χ0v) is 24.8. The fraction of sp³-hybridized carbons (Fsp3) is 0.448. The minimum absolute atomic E-state index is 0.0982. The van der Waals surface area contributed by atoms with E-state index in [0.29, 0.717) is 42.8 Å². The molecule has 43 heavy (non-hydrogen) atoms. The predicted molar refractivity (Wildman–Crippen MR) is 154 cm³/mol. The number of carboxylic acid groups (broad SMARTS) is 1. The van der Waals surface area contributed by atoms with Gasteiger partial charge in [0.1, 0.15) is 23.9 Å². The van der Waals surface area contributed by atoms with E-state index in [1.807, 2.05) is 0 Å². The molecule has 5 heterocycles. The Bertz CT molecular complexity index is 1430. The number of rotatable bonds is 4. The lowest BCUT2D eigenvalue weighted by Crippen LogP contribution is -2.32. The van der Waals surface area contributed by atoms with Gasteiger partial charge in [-0.15, -0.1) is 22.7 Å². The summed E-state index contributed by atoms with van der Waals surface area (Å²) in [4.78, 5) is 34.0. The van der Waals surface area contributed by atoms with Gasteiger partial charge >= 0.3 is 5.97 Å². The lowest BCUT2D eigenvalue weighted by Gasteiger charge is -2.19. The molecule has 0 radical (unpaired) electrons. The Morgan fingerprint density at radius 3 is 1.77 bits per heavy atom. The lowest BCUT2D eigenvalue weighted by molar-refractivity contribution is -0.0141. The molecule has 6 rings (SSSR count). The second-order valence-corrected chi connectivity index (χ2v) is 12.0. The first-order valence-corrected chi connectivity index (χ1v) is 15.5. The van der Waals surface area contributed by atoms with Crippen LogP contribution in [0.2, 0.25) is 0 Å². The molecule has 2 fully saturated rings. The van der Waals surface area contributed by atoms with Crippen molar-refractivity contribution in [3.63, 3.8) is 0 Å². The summed E-state index contributed by atoms with van der Waals surface area (Å²) >= 11 is 2.72. The van der Waals surface area contributed by atoms with Crippen LogP contribution >= 0.6 is 22.7 Å². The van der Waals surface area contributed by atoms with Gasteiger partial charge < -0.3 is 18.8 Å². The minimum Gasteiger partial charge on any atom is -0.478 e. The van der Waals surface area contributed by atoms with E-state index in [2.05, 4.69) is 9.97 Å². The van der Waals surface area contributed by atoms with Crippen LogP contribution in [0.3, 0.4) is 0 Å². The molecule has 1 aliphatic carbocycles. The smallest absolute Gasteiger partial charge is 0.336 e. The molecule has 8 nitrogen and oxygen atoms in total. The number of amides is 1. The van der Waals surface area contributed by atoms with Gasteiger partial charge in [0, 0.05) is 49.5 Å². The average Bonchev–Trinajstić information content (AvgIpc) is 3.77. The molecule has 1 aliphatic heterocycles. The molecular formula is C29H31F4N3O5S2. The summed E-state index contributed by atoms with van der Waals surface area (Å²) in [6.45, 7) is 0.477. The van der Waals surface area contributed by atoms with Crippen molar-refractivity contribution >= 4 is 34.6 Å². The molecule has 0 atom stereocenters. The molecule has 0 aromatic carbocycles. The van der Waals surface area contributed by atoms with Crippen molar-refractivity contribution in [2.75, 3.05) is 13.1 Å². The zero-order valence-electron chi connectivity index (χ0n) is 23.1. The number of carbonyl (C=O) groups excluding carboxylic acids is 1. The molecule has 2 aliphatic rings. The molecule has 1 amide bonds. The van der Waals surface area contributed by atoms with Crippen LogP contribution in [0.1, 0.15) is 78.5 Å². The number of alkyl halides is 4. The number of hydrogen-bond acceptors (Lipinski definition) is 8. The Morgan fingerprint density at radius 1 is 0.744 bits per heavy atom. The van der Waals surface area contributed by atoms with E-state index in [-0.39, 0.29) is 43.7 Å². The SMILES string of the molecule is FC1(F)CCCCCC1.O=C(O)c1csc(-c2cocn2)c1.O=C(c1csc(-c2cocn2)c1)N1CCCC(F)(F)CC1. The van der Waals surface area contributed by atoms with Gasteiger partial charge in [-0.05, 0) is 31.4 Å². The van der Waals surface area contributed by atoms with Crippen molar-refractivity contribution in [2.45, 2.75) is 69.6 Å². The van der Waals surface area contributed by atoms with Crippen LogP contribution in [0.25, 0.3) is 21.1 Å². The Hall–Kier alpha value is -3.52. The lowest BCUT2D eigenvalue weighted by atomic mass is 10.1. The molecule has 4 aromatic heterocycles. The van der Waals surface area contributed by atoms with Gasteiger partial charge in [0.15, 0.2) is 12.8 Å². The first-order chi connectivity index (χ1) is 20.5. The van der Waals surface area contributed by atoms with Gasteiger partial charge in [-0.1, -0.05) is 12.8 Å². The molecule has 0 bridgehead atoms. The number of aromatic carboxylic acids is 1. The van der Waals surface area contributed by atoms with Crippen molar-refractivity contribution < 1.29 is 41.1 Å². The number of halogens is 4. The van der Waals surface area contributed by atoms with E-state index in [4.69, 9.17) is 13.9 Å². The summed E-state index contributed by atoms with van der Waals surface area (Å²) in [5, 5.41) is 12.0. The van der Waals surface area contributed by atoms with E-state index < -0.39 is 17.8 Å². The van der Waals surface area contributed by atoms with Gasteiger partial charge in [-0.25, -0.2) is 32.3 Å². The largest absolute Gasteiger partial charge is 0.478 e. The highest BCUT2D eigenvalue weighted by atomic mass is 32.1. The summed E-state index contributed by atoms with van der Waals surface area (Å²) in [7, 11) is 0. The van der Waals surface area contributed by atoms with Crippen molar-refractivity contribution in [1.29, 1.82) is 0 Å². The summed E-state index contributed by atoms with van der Waals surface area (Å²) < 4.78 is 61.3. The quantitative estimate of drug-likeness (QED) is 0.175. The van der Waals surface area contributed by atoms with Crippen LogP contribution in [0.15, 0.2) is 57.0 Å². The molecule has 1 N–H and O–H groups in total. The molecule has 14 heteroatoms. The van der Waals surface area contributed by atoms with Crippen LogP contribution in [0, 0.1) is 0 Å². The second-order valence-electron chi connectivity index (χ2n) is 10.2. The van der Waals surface area contributed by atoms with Gasteiger partial charge in [-0.2, -0.15) is 0 Å². The maximum Gasteiger partial charge on any atom is 0.336 e. The third-order valence-corrected chi connectivity index (χ3v) is 8.81. The highest BCUT2D eigenvalue weighted by molar-refractivity contribution is 7.14. The van der Waals surface area contributed by atoms with E-state index in [1.54, 1.807) is 22.9 Å². The number of aromatic nitrogens is 2. The summed E-state index contributed by atoms with van der Waals surface area (Å²) in [5.41, 5.74) is 2.13. The molecule has 4 aromatic rings. The Morgan fingerprint density at radius 2 is 1.26 bits per heavy atom. The molecule has 0 spiro atoms. The van der Waals surface area contributed by atoms with Crippen molar-refractivity contribution in [3.8, 4) is 21.1 Å². The van der Waals surface area contributed by atoms with Crippen LogP contribution < -0.4 is 0 Å². The molecule has 1 saturated carbocycles. The molecular weight excluding hydrogens is 610 g/mol. The predicted octanol–water partition coefficient (Wildman–Crippen LogP) is 8.74. The van der Waals surface area contributed by atoms with Gasteiger partial charge in [0.05, 0.1) is 20.9 Å². The topological polar surface area (TPSA) is 110 Å². The first-order valence-electron chi connectivity index (χ1n) is 13.8. The van der Waals surface area contributed by atoms with Gasteiger partial charge in [-0.3, -0.25) is 4.79 Å². The maximum absolute atomic E-state index is 13.3. The molecule has 232 valence electrons. The number of oxazole rings is 2. The molecule has 1 saturated heterocycles. The van der Waals surface area contributed by atoms with Crippen LogP contribution in [-0.4, -0.2) is 56.8 Å². The van der Waals surface area contributed by atoms with Crippen molar-refractivity contribution in [1.82, 2.24) is 14.9 Å². The maximum atomic E-state index is 13.3. The Labute approximate surface area is 253 Å².